The lowest BCUT2D eigenvalue weighted by Gasteiger charge is -2.21. The SMILES string of the molecule is CC(=O)N(c1cc([N+](=O)[O-])ccn1)c1ccncc1C. The van der Waals surface area contributed by atoms with Crippen molar-refractivity contribution in [2.45, 2.75) is 13.8 Å². The first kappa shape index (κ1) is 13.6. The molecule has 0 bridgehead atoms. The largest absolute Gasteiger partial charge is 0.274 e. The van der Waals surface area contributed by atoms with Crippen LogP contribution in [0.1, 0.15) is 12.5 Å². The number of nitrogens with zero attached hydrogens (tertiary/aromatic N) is 4. The van der Waals surface area contributed by atoms with Gasteiger partial charge in [-0.3, -0.25) is 24.8 Å². The van der Waals surface area contributed by atoms with Crippen molar-refractivity contribution >= 4 is 23.1 Å². The summed E-state index contributed by atoms with van der Waals surface area (Å²) in [5.41, 5.74) is 1.25. The average Bonchev–Trinajstić information content (AvgIpc) is 2.41. The van der Waals surface area contributed by atoms with Gasteiger partial charge in [-0.15, -0.1) is 0 Å². The fourth-order valence-electron chi connectivity index (χ4n) is 1.81. The first-order valence-corrected chi connectivity index (χ1v) is 5.82. The Morgan fingerprint density at radius 3 is 2.70 bits per heavy atom. The number of anilines is 2. The van der Waals surface area contributed by atoms with E-state index < -0.39 is 4.92 Å². The first-order chi connectivity index (χ1) is 9.50. The van der Waals surface area contributed by atoms with Gasteiger partial charge in [0.1, 0.15) is 5.82 Å². The number of pyridine rings is 2. The van der Waals surface area contributed by atoms with E-state index in [0.29, 0.717) is 5.69 Å². The minimum atomic E-state index is -0.525. The maximum absolute atomic E-state index is 11.9. The first-order valence-electron chi connectivity index (χ1n) is 5.82. The van der Waals surface area contributed by atoms with Crippen LogP contribution in [0.15, 0.2) is 36.8 Å². The van der Waals surface area contributed by atoms with Gasteiger partial charge in [0.15, 0.2) is 0 Å². The Hall–Kier alpha value is -2.83. The summed E-state index contributed by atoms with van der Waals surface area (Å²) in [5.74, 6) is -0.0757. The van der Waals surface area contributed by atoms with Crippen molar-refractivity contribution < 1.29 is 9.72 Å². The normalized spacial score (nSPS) is 10.1. The summed E-state index contributed by atoms with van der Waals surface area (Å²) >= 11 is 0. The number of hydrogen-bond donors (Lipinski definition) is 0. The molecule has 0 fully saturated rings. The number of carbonyl (C=O) groups excluding carboxylic acids is 1. The number of hydrogen-bond acceptors (Lipinski definition) is 5. The molecule has 102 valence electrons. The third-order valence-corrected chi connectivity index (χ3v) is 2.72. The van der Waals surface area contributed by atoms with Crippen LogP contribution in [-0.4, -0.2) is 20.8 Å². The number of amides is 1. The Balaban J connectivity index is 2.55. The highest BCUT2D eigenvalue weighted by atomic mass is 16.6. The fraction of sp³-hybridized carbons (Fsp3) is 0.154. The van der Waals surface area contributed by atoms with Crippen molar-refractivity contribution in [2.24, 2.45) is 0 Å². The Labute approximate surface area is 115 Å². The second-order valence-electron chi connectivity index (χ2n) is 4.15. The molecule has 0 atom stereocenters. The van der Waals surface area contributed by atoms with Crippen molar-refractivity contribution in [1.82, 2.24) is 9.97 Å². The lowest BCUT2D eigenvalue weighted by molar-refractivity contribution is -0.384. The molecule has 2 aromatic heterocycles. The second-order valence-corrected chi connectivity index (χ2v) is 4.15. The molecular formula is C13H12N4O3. The maximum atomic E-state index is 11.9. The molecule has 0 aromatic carbocycles. The molecule has 0 aliphatic rings. The van der Waals surface area contributed by atoms with Crippen LogP contribution < -0.4 is 4.90 Å². The molecule has 0 aliphatic carbocycles. The summed E-state index contributed by atoms with van der Waals surface area (Å²) in [4.78, 5) is 31.5. The van der Waals surface area contributed by atoms with Crippen LogP contribution in [-0.2, 0) is 4.79 Å². The Bertz CT molecular complexity index is 672. The number of aryl methyl sites for hydroxylation is 1. The molecule has 0 saturated carbocycles. The minimum Gasteiger partial charge on any atom is -0.274 e. The third kappa shape index (κ3) is 2.61. The highest BCUT2D eigenvalue weighted by Gasteiger charge is 2.19. The van der Waals surface area contributed by atoms with E-state index in [4.69, 9.17) is 0 Å². The van der Waals surface area contributed by atoms with E-state index in [1.54, 1.807) is 25.4 Å². The van der Waals surface area contributed by atoms with E-state index in [2.05, 4.69) is 9.97 Å². The lowest BCUT2D eigenvalue weighted by Crippen LogP contribution is -2.24. The monoisotopic (exact) mass is 272 g/mol. The van der Waals surface area contributed by atoms with Crippen LogP contribution in [0.5, 0.6) is 0 Å². The minimum absolute atomic E-state index is 0.118. The summed E-state index contributed by atoms with van der Waals surface area (Å²) in [6, 6.07) is 4.21. The van der Waals surface area contributed by atoms with E-state index in [9.17, 15) is 14.9 Å². The van der Waals surface area contributed by atoms with E-state index in [1.165, 1.54) is 30.2 Å². The molecular weight excluding hydrogens is 260 g/mol. The molecule has 0 unspecified atom stereocenters. The Kier molecular flexibility index (Phi) is 3.69. The predicted molar refractivity (Wildman–Crippen MR) is 72.7 cm³/mol. The zero-order valence-electron chi connectivity index (χ0n) is 11.0. The zero-order chi connectivity index (χ0) is 14.7. The van der Waals surface area contributed by atoms with Crippen LogP contribution in [0.3, 0.4) is 0 Å². The highest BCUT2D eigenvalue weighted by molar-refractivity contribution is 5.98. The van der Waals surface area contributed by atoms with Crippen LogP contribution in [0.25, 0.3) is 0 Å². The fourth-order valence-corrected chi connectivity index (χ4v) is 1.81. The van der Waals surface area contributed by atoms with Gasteiger partial charge in [-0.05, 0) is 18.6 Å². The molecule has 2 aromatic rings. The number of nitro groups is 1. The summed E-state index contributed by atoms with van der Waals surface area (Å²) in [6.45, 7) is 3.18. The van der Waals surface area contributed by atoms with Crippen molar-refractivity contribution in [3.8, 4) is 0 Å². The van der Waals surface area contributed by atoms with Gasteiger partial charge in [0.05, 0.1) is 16.7 Å². The van der Waals surface area contributed by atoms with Crippen LogP contribution in [0, 0.1) is 17.0 Å². The quantitative estimate of drug-likeness (QED) is 0.632. The molecule has 0 aliphatic heterocycles. The van der Waals surface area contributed by atoms with Crippen LogP contribution in [0.2, 0.25) is 0 Å². The smallest absolute Gasteiger partial charge is 0.274 e. The summed E-state index contributed by atoms with van der Waals surface area (Å²) in [6.07, 6.45) is 4.47. The van der Waals surface area contributed by atoms with E-state index in [0.717, 1.165) is 5.56 Å². The summed E-state index contributed by atoms with van der Waals surface area (Å²) < 4.78 is 0. The van der Waals surface area contributed by atoms with Gasteiger partial charge in [0.2, 0.25) is 5.91 Å². The number of carbonyl (C=O) groups is 1. The van der Waals surface area contributed by atoms with Gasteiger partial charge in [0, 0.05) is 31.6 Å². The average molecular weight is 272 g/mol. The zero-order valence-corrected chi connectivity index (χ0v) is 11.0. The highest BCUT2D eigenvalue weighted by Crippen LogP contribution is 2.28. The number of rotatable bonds is 3. The second kappa shape index (κ2) is 5.43. The predicted octanol–water partition coefficient (Wildman–Crippen LogP) is 2.38. The van der Waals surface area contributed by atoms with Crippen molar-refractivity contribution in [3.63, 3.8) is 0 Å². The topological polar surface area (TPSA) is 89.2 Å². The standard InChI is InChI=1S/C13H12N4O3/c1-9-8-14-5-4-12(9)16(10(2)18)13-7-11(17(19)20)3-6-15-13/h3-8H,1-2H3. The molecule has 7 heteroatoms. The van der Waals surface area contributed by atoms with Gasteiger partial charge in [-0.1, -0.05) is 0 Å². The van der Waals surface area contributed by atoms with Crippen LogP contribution >= 0.6 is 0 Å². The van der Waals surface area contributed by atoms with E-state index in [-0.39, 0.29) is 17.4 Å². The molecule has 2 heterocycles. The molecule has 0 spiro atoms. The Morgan fingerprint density at radius 2 is 2.10 bits per heavy atom. The van der Waals surface area contributed by atoms with Crippen molar-refractivity contribution in [1.29, 1.82) is 0 Å². The number of aromatic nitrogens is 2. The van der Waals surface area contributed by atoms with Gasteiger partial charge in [0.25, 0.3) is 5.69 Å². The van der Waals surface area contributed by atoms with Gasteiger partial charge in [-0.25, -0.2) is 4.98 Å². The van der Waals surface area contributed by atoms with E-state index in [1.807, 2.05) is 0 Å². The molecule has 2 rings (SSSR count). The summed E-state index contributed by atoms with van der Waals surface area (Å²) in [7, 11) is 0. The van der Waals surface area contributed by atoms with Crippen molar-refractivity contribution in [2.75, 3.05) is 4.90 Å². The van der Waals surface area contributed by atoms with Gasteiger partial charge < -0.3 is 0 Å². The third-order valence-electron chi connectivity index (χ3n) is 2.72. The molecule has 7 nitrogen and oxygen atoms in total. The van der Waals surface area contributed by atoms with Crippen molar-refractivity contribution in [3.05, 3.63) is 52.5 Å². The Morgan fingerprint density at radius 1 is 1.35 bits per heavy atom. The van der Waals surface area contributed by atoms with Gasteiger partial charge >= 0.3 is 0 Å². The van der Waals surface area contributed by atoms with Crippen LogP contribution in [0.4, 0.5) is 17.2 Å². The molecule has 0 saturated heterocycles. The molecule has 0 N–H and O–H groups in total. The van der Waals surface area contributed by atoms with E-state index >= 15 is 0 Å². The summed E-state index contributed by atoms with van der Waals surface area (Å²) in [5, 5.41) is 10.8. The van der Waals surface area contributed by atoms with Gasteiger partial charge in [-0.2, -0.15) is 0 Å². The molecule has 1 amide bonds. The molecule has 20 heavy (non-hydrogen) atoms. The maximum Gasteiger partial charge on any atom is 0.274 e. The lowest BCUT2D eigenvalue weighted by atomic mass is 10.2. The molecule has 0 radical (unpaired) electrons.